The van der Waals surface area contributed by atoms with Gasteiger partial charge in [-0.25, -0.2) is 4.79 Å². The van der Waals surface area contributed by atoms with Crippen molar-refractivity contribution in [2.45, 2.75) is 18.3 Å². The molecule has 0 heterocycles. The van der Waals surface area contributed by atoms with Crippen LogP contribution in [0.2, 0.25) is 0 Å². The monoisotopic (exact) mass is 266 g/mol. The molecule has 0 saturated heterocycles. The number of hydrogen-bond acceptors (Lipinski definition) is 7. The Morgan fingerprint density at radius 1 is 1.25 bits per heavy atom. The Morgan fingerprint density at radius 2 is 1.75 bits per heavy atom. The van der Waals surface area contributed by atoms with Crippen LogP contribution in [0.1, 0.15) is 2.85 Å². The van der Waals surface area contributed by atoms with E-state index in [1.807, 2.05) is 0 Å². The molecule has 0 spiro atoms. The summed E-state index contributed by atoms with van der Waals surface area (Å²) >= 11 is 0. The first-order chi connectivity index (χ1) is 6.90. The quantitative estimate of drug-likeness (QED) is 0.255. The van der Waals surface area contributed by atoms with E-state index in [2.05, 4.69) is 4.74 Å². The first-order valence-electron chi connectivity index (χ1n) is 3.93. The number of rotatable bonds is 6. The van der Waals surface area contributed by atoms with E-state index in [-0.39, 0.29) is 40.6 Å². The maximum Gasteiger partial charge on any atom is 2.00 e. The van der Waals surface area contributed by atoms with Crippen LogP contribution in [0.4, 0.5) is 4.79 Å². The van der Waals surface area contributed by atoms with E-state index in [0.29, 0.717) is 0 Å². The minimum Gasteiger partial charge on any atom is -1.00 e. The van der Waals surface area contributed by atoms with Crippen LogP contribution >= 0.6 is 0 Å². The van der Waals surface area contributed by atoms with Crippen molar-refractivity contribution in [1.82, 2.24) is 0 Å². The molecule has 92 valence electrons. The van der Waals surface area contributed by atoms with Crippen LogP contribution in [0.15, 0.2) is 0 Å². The first kappa shape index (κ1) is 18.4. The van der Waals surface area contributed by atoms with E-state index in [9.17, 15) is 9.59 Å². The van der Waals surface area contributed by atoms with Gasteiger partial charge in [-0.3, -0.25) is 4.79 Å². The average Bonchev–Trinajstić information content (AvgIpc) is 2.22. The number of ketones is 1. The Morgan fingerprint density at radius 3 is 2.12 bits per heavy atom. The molecule has 0 saturated carbocycles. The van der Waals surface area contributed by atoms with Gasteiger partial charge in [-0.15, -0.1) is 0 Å². The molecule has 9 heteroatoms. The van der Waals surface area contributed by atoms with Crippen LogP contribution in [-0.2, 0) is 9.53 Å². The van der Waals surface area contributed by atoms with Gasteiger partial charge < -0.3 is 33.1 Å². The summed E-state index contributed by atoms with van der Waals surface area (Å²) in [5.74, 6) is -1.11. The zero-order valence-electron chi connectivity index (χ0n) is 10.3. The summed E-state index contributed by atoms with van der Waals surface area (Å²) in [6.45, 7) is -1.78. The van der Waals surface area contributed by atoms with Crippen LogP contribution in [0.25, 0.3) is 0 Å². The summed E-state index contributed by atoms with van der Waals surface area (Å²) in [5, 5.41) is 43.4. The molecule has 3 atom stereocenters. The van der Waals surface area contributed by atoms with Crippen LogP contribution < -0.4 is 0 Å². The third-order valence-electron chi connectivity index (χ3n) is 1.57. The second-order valence-electron chi connectivity index (χ2n) is 2.71. The molecule has 0 aliphatic rings. The molecular formula is C7H14CaO8. The van der Waals surface area contributed by atoms with Crippen molar-refractivity contribution in [2.75, 3.05) is 13.2 Å². The molecule has 0 amide bonds. The van der Waals surface area contributed by atoms with Crippen molar-refractivity contribution in [3.05, 3.63) is 0 Å². The summed E-state index contributed by atoms with van der Waals surface area (Å²) in [6.07, 6.45) is -7.28. The maximum absolute atomic E-state index is 10.9. The van der Waals surface area contributed by atoms with Gasteiger partial charge in [-0.05, 0) is 0 Å². The molecule has 0 fully saturated rings. The van der Waals surface area contributed by atoms with Crippen LogP contribution in [0.3, 0.4) is 0 Å². The van der Waals surface area contributed by atoms with Gasteiger partial charge in [-0.2, -0.15) is 0 Å². The van der Waals surface area contributed by atoms with Crippen molar-refractivity contribution in [3.63, 3.8) is 0 Å². The molecule has 0 aliphatic carbocycles. The van der Waals surface area contributed by atoms with Gasteiger partial charge in [0.25, 0.3) is 0 Å². The van der Waals surface area contributed by atoms with Crippen molar-refractivity contribution in [3.8, 4) is 0 Å². The van der Waals surface area contributed by atoms with Gasteiger partial charge in [0.15, 0.2) is 6.61 Å². The largest absolute Gasteiger partial charge is 2.00 e. The summed E-state index contributed by atoms with van der Waals surface area (Å²) in [6, 6.07) is 0. The van der Waals surface area contributed by atoms with Crippen LogP contribution in [-0.4, -0.2) is 107 Å². The Kier molecular flexibility index (Phi) is 10.5. The number of hydrogen-bond donors (Lipinski definition) is 5. The molecule has 0 rings (SSSR count). The van der Waals surface area contributed by atoms with E-state index in [1.165, 1.54) is 0 Å². The molecular weight excluding hydrogens is 252 g/mol. The fraction of sp³-hybridized carbons (Fsp3) is 0.714. The summed E-state index contributed by atoms with van der Waals surface area (Å²) in [5.41, 5.74) is 0. The van der Waals surface area contributed by atoms with Crippen molar-refractivity contribution < 1.29 is 42.7 Å². The number of aliphatic hydroxyl groups is 4. The topological polar surface area (TPSA) is 145 Å². The molecule has 0 aromatic carbocycles. The number of Topliss-reactive ketones (excluding diaryl/α,β-unsaturated/α-hetero) is 1. The summed E-state index contributed by atoms with van der Waals surface area (Å²) < 4.78 is 3.84. The fourth-order valence-electron chi connectivity index (χ4n) is 0.727. The molecule has 0 radical (unpaired) electrons. The zero-order chi connectivity index (χ0) is 12.0. The van der Waals surface area contributed by atoms with E-state index < -0.39 is 43.5 Å². The second kappa shape index (κ2) is 9.11. The fourth-order valence-corrected chi connectivity index (χ4v) is 0.727. The van der Waals surface area contributed by atoms with Gasteiger partial charge in [0, 0.05) is 0 Å². The molecule has 0 aromatic heterocycles. The Balaban J connectivity index is -0.000000327. The van der Waals surface area contributed by atoms with Gasteiger partial charge in [-0.1, -0.05) is 0 Å². The molecule has 16 heavy (non-hydrogen) atoms. The van der Waals surface area contributed by atoms with E-state index in [1.54, 1.807) is 0 Å². The van der Waals surface area contributed by atoms with E-state index >= 15 is 0 Å². The minimum absolute atomic E-state index is 0. The third kappa shape index (κ3) is 6.59. The van der Waals surface area contributed by atoms with Gasteiger partial charge in [0.2, 0.25) is 5.78 Å². The number of aliphatic hydroxyl groups excluding tert-OH is 4. The van der Waals surface area contributed by atoms with Crippen molar-refractivity contribution in [2.24, 2.45) is 0 Å². The second-order valence-corrected chi connectivity index (χ2v) is 2.71. The van der Waals surface area contributed by atoms with Crippen molar-refractivity contribution in [1.29, 1.82) is 0 Å². The average molecular weight is 266 g/mol. The zero-order valence-corrected chi connectivity index (χ0v) is 10.5. The van der Waals surface area contributed by atoms with Crippen LogP contribution in [0, 0.1) is 0 Å². The molecule has 0 aliphatic heterocycles. The number of carbonyl (C=O) groups is 2. The SMILES string of the molecule is O=C(O)OCC(=O)[C@H](O)[C@@H](O)[C@H](O)CO.[Ca+2].[H-].[H-]. The molecule has 0 unspecified atom stereocenters. The van der Waals surface area contributed by atoms with Gasteiger partial charge in [0.05, 0.1) is 6.61 Å². The summed E-state index contributed by atoms with van der Waals surface area (Å²) in [4.78, 5) is 20.8. The number of carbonyl (C=O) groups excluding carboxylic acids is 1. The third-order valence-corrected chi connectivity index (χ3v) is 1.57. The predicted molar refractivity (Wildman–Crippen MR) is 52.1 cm³/mol. The standard InChI is InChI=1S/C7H12O8.Ca.2H/c8-1-3(9)5(11)6(12)4(10)2-15-7(13)14;;;/h3,5-6,8-9,11-12H,1-2H2,(H,13,14);;;/q;+2;2*-1/t3-,5+,6+;;;/m1.../s1. The van der Waals surface area contributed by atoms with Gasteiger partial charge in [0.1, 0.15) is 18.3 Å². The Labute approximate surface area is 123 Å². The minimum atomic E-state index is -2.01. The molecule has 5 N–H and O–H groups in total. The Hall–Kier alpha value is 0.0397. The van der Waals surface area contributed by atoms with Crippen molar-refractivity contribution >= 4 is 49.7 Å². The Bertz CT molecular complexity index is 241. The predicted octanol–water partition coefficient (Wildman–Crippen LogP) is -2.83. The van der Waals surface area contributed by atoms with Crippen LogP contribution in [0.5, 0.6) is 0 Å². The summed E-state index contributed by atoms with van der Waals surface area (Å²) in [7, 11) is 0. The molecule has 0 aromatic rings. The number of carboxylic acid groups (broad SMARTS) is 1. The smallest absolute Gasteiger partial charge is 1.00 e. The maximum atomic E-state index is 10.9. The van der Waals surface area contributed by atoms with E-state index in [0.717, 1.165) is 0 Å². The van der Waals surface area contributed by atoms with Gasteiger partial charge >= 0.3 is 43.9 Å². The normalized spacial score (nSPS) is 15.5. The molecule has 8 nitrogen and oxygen atoms in total. The van der Waals surface area contributed by atoms with E-state index in [4.69, 9.17) is 25.5 Å². The number of ether oxygens (including phenoxy) is 1. The first-order valence-corrected chi connectivity index (χ1v) is 3.93. The molecule has 0 bridgehead atoms.